The van der Waals surface area contributed by atoms with Crippen LogP contribution in [0, 0.1) is 0 Å². The van der Waals surface area contributed by atoms with Crippen LogP contribution in [0.4, 0.5) is 17.1 Å². The Balaban J connectivity index is 0.000000269. The third kappa shape index (κ3) is 22.1. The second-order valence-electron chi connectivity index (χ2n) is 24.0. The van der Waals surface area contributed by atoms with Crippen LogP contribution in [0.5, 0.6) is 17.2 Å². The number of hydrogen-bond donors (Lipinski definition) is 3. The fraction of sp³-hybridized carbons (Fsp3) is 0.342. The van der Waals surface area contributed by atoms with Crippen LogP contribution in [0.2, 0.25) is 0 Å². The fourth-order valence-corrected chi connectivity index (χ4v) is 10.5. The molecule has 0 fully saturated rings. The molecule has 1 amide bonds. The van der Waals surface area contributed by atoms with Gasteiger partial charge in [0.05, 0.1) is 40.6 Å². The topological polar surface area (TPSA) is 168 Å². The zero-order chi connectivity index (χ0) is 67.9. The van der Waals surface area contributed by atoms with Crippen LogP contribution in [-0.4, -0.2) is 181 Å². The van der Waals surface area contributed by atoms with E-state index in [1.807, 2.05) is 161 Å². The second-order valence-corrected chi connectivity index (χ2v) is 24.0. The molecule has 17 heteroatoms. The average Bonchev–Trinajstić information content (AvgIpc) is 1.64. The molecule has 9 rings (SSSR count). The van der Waals surface area contributed by atoms with Crippen LogP contribution >= 0.6 is 12.4 Å². The third-order valence-electron chi connectivity index (χ3n) is 16.1. The lowest BCUT2D eigenvalue weighted by Crippen LogP contribution is -2.33. The molecule has 498 valence electrons. The lowest BCUT2D eigenvalue weighted by Gasteiger charge is -2.20. The van der Waals surface area contributed by atoms with E-state index in [0.717, 1.165) is 144 Å². The molecule has 3 aliphatic rings. The van der Waals surface area contributed by atoms with Crippen molar-refractivity contribution in [2.24, 2.45) is 0 Å². The predicted molar refractivity (Wildman–Crippen MR) is 389 cm³/mol. The highest BCUT2D eigenvalue weighted by molar-refractivity contribution is 6.09. The van der Waals surface area contributed by atoms with Crippen molar-refractivity contribution in [2.75, 3.05) is 147 Å². The first kappa shape index (κ1) is 76.5. The average molecular weight is 1290 g/mol. The number of ether oxygens (including phenoxy) is 3. The normalized spacial score (nSPS) is 13.2. The SMILES string of the molecule is CN(C)c1ccc(C=O)cc1.CNCCN(C)C.COc1ccc2c(c1)C(CC(=O)N(C)CCN(C)C)=C(C)/C2=C/c1ccc(N(C)C)cc1.COc1ccc2c(c1)C(CC(=O)O)=C(C)/C2=C/c1ccc(N(C)C)cc1.COc1ccc2c(c1)C(CC(=O)O)=C(C)C2.Cl. The molecule has 0 aliphatic heterocycles. The molecule has 6 aromatic carbocycles. The lowest BCUT2D eigenvalue weighted by atomic mass is 10.00. The number of methoxy groups -OCH3 is 3. The molecule has 0 spiro atoms. The Morgan fingerprint density at radius 1 is 0.473 bits per heavy atom. The minimum Gasteiger partial charge on any atom is -0.497 e. The molecule has 3 N–H and O–H groups in total. The van der Waals surface area contributed by atoms with Crippen molar-refractivity contribution >= 4 is 93.6 Å². The number of halogens is 1. The second kappa shape index (κ2) is 36.9. The van der Waals surface area contributed by atoms with Gasteiger partial charge in [0.15, 0.2) is 0 Å². The van der Waals surface area contributed by atoms with Gasteiger partial charge in [0.1, 0.15) is 23.5 Å². The van der Waals surface area contributed by atoms with Gasteiger partial charge in [-0.25, -0.2) is 0 Å². The number of amides is 1. The largest absolute Gasteiger partial charge is 0.497 e. The van der Waals surface area contributed by atoms with E-state index in [-0.39, 0.29) is 31.2 Å². The number of nitrogens with one attached hydrogen (secondary N) is 1. The van der Waals surface area contributed by atoms with Gasteiger partial charge in [0.25, 0.3) is 0 Å². The number of anilines is 3. The number of likely N-dealkylation sites (N-methyl/N-ethyl adjacent to an activating group) is 4. The smallest absolute Gasteiger partial charge is 0.307 e. The molecule has 0 radical (unpaired) electrons. The third-order valence-corrected chi connectivity index (χ3v) is 16.1. The molecule has 3 aliphatic carbocycles. The quantitative estimate of drug-likeness (QED) is 0.0582. The number of benzene rings is 6. The van der Waals surface area contributed by atoms with E-state index in [9.17, 15) is 24.3 Å². The van der Waals surface area contributed by atoms with Crippen LogP contribution in [-0.2, 0) is 20.8 Å². The monoisotopic (exact) mass is 1290 g/mol. The number of aliphatic carboxylic acids is 2. The van der Waals surface area contributed by atoms with Gasteiger partial charge in [-0.2, -0.15) is 0 Å². The van der Waals surface area contributed by atoms with Gasteiger partial charge in [-0.3, -0.25) is 19.2 Å². The van der Waals surface area contributed by atoms with Crippen LogP contribution < -0.4 is 34.2 Å². The van der Waals surface area contributed by atoms with Crippen LogP contribution in [0.25, 0.3) is 40.0 Å². The number of nitrogens with zero attached hydrogens (tertiary/aromatic N) is 6. The van der Waals surface area contributed by atoms with Gasteiger partial charge >= 0.3 is 11.9 Å². The minimum atomic E-state index is -0.829. The van der Waals surface area contributed by atoms with Crippen LogP contribution in [0.3, 0.4) is 0 Å². The molecule has 0 heterocycles. The summed E-state index contributed by atoms with van der Waals surface area (Å²) in [5.74, 6) is 0.827. The summed E-state index contributed by atoms with van der Waals surface area (Å²) in [5.41, 5.74) is 21.2. The molecule has 0 saturated carbocycles. The maximum absolute atomic E-state index is 13.0. The van der Waals surface area contributed by atoms with Crippen molar-refractivity contribution in [2.45, 2.75) is 46.5 Å². The summed E-state index contributed by atoms with van der Waals surface area (Å²) in [7, 11) is 29.0. The number of carbonyl (C=O) groups excluding carboxylic acids is 2. The van der Waals surface area contributed by atoms with Crippen molar-refractivity contribution in [3.63, 3.8) is 0 Å². The van der Waals surface area contributed by atoms with E-state index >= 15 is 0 Å². The highest BCUT2D eigenvalue weighted by Crippen LogP contribution is 2.47. The van der Waals surface area contributed by atoms with E-state index in [1.165, 1.54) is 16.8 Å². The number of carbonyl (C=O) groups is 4. The van der Waals surface area contributed by atoms with Gasteiger partial charge in [0.2, 0.25) is 5.91 Å². The zero-order valence-corrected chi connectivity index (χ0v) is 58.7. The molecule has 0 unspecified atom stereocenters. The summed E-state index contributed by atoms with van der Waals surface area (Å²) >= 11 is 0. The Bertz CT molecular complexity index is 3660. The number of carboxylic acid groups (broad SMARTS) is 2. The predicted octanol–water partition coefficient (Wildman–Crippen LogP) is 13.3. The van der Waals surface area contributed by atoms with Crippen LogP contribution in [0.1, 0.15) is 94.9 Å². The maximum atomic E-state index is 13.0. The number of carboxylic acids is 2. The summed E-state index contributed by atoms with van der Waals surface area (Å²) in [6, 6.07) is 42.1. The van der Waals surface area contributed by atoms with E-state index in [4.69, 9.17) is 19.3 Å². The summed E-state index contributed by atoms with van der Waals surface area (Å²) < 4.78 is 16.0. The highest BCUT2D eigenvalue weighted by atomic mass is 35.5. The van der Waals surface area contributed by atoms with Gasteiger partial charge in [-0.15, -0.1) is 12.4 Å². The summed E-state index contributed by atoms with van der Waals surface area (Å²) in [4.78, 5) is 57.6. The zero-order valence-electron chi connectivity index (χ0n) is 57.9. The Kier molecular flexibility index (Phi) is 30.4. The molecule has 93 heavy (non-hydrogen) atoms. The van der Waals surface area contributed by atoms with Gasteiger partial charge in [0, 0.05) is 98.1 Å². The molecular formula is C76H98ClN7O9. The molecular weight excluding hydrogens is 1190 g/mol. The number of aldehydes is 1. The summed E-state index contributed by atoms with van der Waals surface area (Å²) in [5, 5.41) is 21.2. The summed E-state index contributed by atoms with van der Waals surface area (Å²) in [6.45, 7) is 9.86. The van der Waals surface area contributed by atoms with E-state index < -0.39 is 11.9 Å². The molecule has 16 nitrogen and oxygen atoms in total. The molecule has 0 aromatic heterocycles. The maximum Gasteiger partial charge on any atom is 0.307 e. The first-order chi connectivity index (χ1) is 43.7. The summed E-state index contributed by atoms with van der Waals surface area (Å²) in [6.07, 6.45) is 6.51. The van der Waals surface area contributed by atoms with Crippen molar-refractivity contribution in [1.82, 2.24) is 20.0 Å². The molecule has 6 aromatic rings. The Morgan fingerprint density at radius 3 is 1.20 bits per heavy atom. The van der Waals surface area contributed by atoms with Crippen molar-refractivity contribution < 1.29 is 43.6 Å². The number of hydrogen-bond acceptors (Lipinski definition) is 13. The van der Waals surface area contributed by atoms with Gasteiger partial charge in [-0.1, -0.05) is 48.0 Å². The van der Waals surface area contributed by atoms with Crippen molar-refractivity contribution in [3.8, 4) is 17.2 Å². The Hall–Kier alpha value is -8.93. The number of allylic oxidation sites excluding steroid dienone is 5. The van der Waals surface area contributed by atoms with Crippen molar-refractivity contribution in [1.29, 1.82) is 0 Å². The fourth-order valence-electron chi connectivity index (χ4n) is 10.5. The molecule has 0 bridgehead atoms. The number of fused-ring (bicyclic) bond motifs is 3. The minimum absolute atomic E-state index is 0. The molecule has 0 atom stereocenters. The van der Waals surface area contributed by atoms with E-state index in [2.05, 4.69) is 119 Å². The molecule has 0 saturated heterocycles. The van der Waals surface area contributed by atoms with Gasteiger partial charge < -0.3 is 59.1 Å². The van der Waals surface area contributed by atoms with E-state index in [1.54, 1.807) is 21.3 Å². The van der Waals surface area contributed by atoms with Crippen molar-refractivity contribution in [3.05, 3.63) is 194 Å². The first-order valence-electron chi connectivity index (χ1n) is 30.7. The highest BCUT2D eigenvalue weighted by Gasteiger charge is 2.28. The Morgan fingerprint density at radius 2 is 0.849 bits per heavy atom. The lowest BCUT2D eigenvalue weighted by molar-refractivity contribution is -0.136. The Labute approximate surface area is 559 Å². The van der Waals surface area contributed by atoms with Crippen LogP contribution in [0.15, 0.2) is 144 Å². The number of rotatable bonds is 21. The van der Waals surface area contributed by atoms with Gasteiger partial charge in [-0.05, 0) is 243 Å². The first-order valence-corrected chi connectivity index (χ1v) is 30.7. The standard InChI is InChI=1S/C27H35N3O2.C22H23NO3.C13H14O3.C9H11NO.C5H14N2.ClH/c1-19-24(16-20-8-10-21(11-9-20)29(4)5)23-13-12-22(32-7)17-26(23)25(19)18-27(31)30(6)15-14-28(2)3;1-14-19(11-15-5-7-16(8-6-15)23(2)3)18-10-9-17(26-4)12-21(18)20(14)13-22(24)25;1-8-5-9-3-4-10(16-2)6-12(9)11(8)7-13(14)15;1-10(2)9-5-3-8(7-11)4-6-9;1-6-4-5-7(2)3;/h8-13,16-17H,14-15,18H2,1-7H3;5-12H,13H2,1-4H3,(H,24,25);3-4,6H,5,7H2,1-2H3,(H,14,15);3-7H,1-2H3;6H,4-5H2,1-3H3;1H/b24-16-;19-11-;;;;. The van der Waals surface area contributed by atoms with E-state index in [0.29, 0.717) is 13.0 Å².